The van der Waals surface area contributed by atoms with Crippen molar-refractivity contribution < 1.29 is 9.59 Å². The number of carbonyl (C=O) groups excluding carboxylic acids is 2. The summed E-state index contributed by atoms with van der Waals surface area (Å²) in [6, 6.07) is 25.0. The van der Waals surface area contributed by atoms with E-state index in [4.69, 9.17) is 11.6 Å². The molecule has 0 spiro atoms. The van der Waals surface area contributed by atoms with Crippen molar-refractivity contribution in [3.63, 3.8) is 0 Å². The summed E-state index contributed by atoms with van der Waals surface area (Å²) in [5, 5.41) is 5.90. The summed E-state index contributed by atoms with van der Waals surface area (Å²) in [5.41, 5.74) is 3.38. The Morgan fingerprint density at radius 2 is 1.39 bits per heavy atom. The van der Waals surface area contributed by atoms with Gasteiger partial charge in [-0.25, -0.2) is 0 Å². The largest absolute Gasteiger partial charge is 0.347 e. The minimum Gasteiger partial charge on any atom is -0.347 e. The molecule has 3 aromatic rings. The van der Waals surface area contributed by atoms with Gasteiger partial charge in [-0.3, -0.25) is 9.59 Å². The number of hydrogen-bond donors (Lipinski definition) is 2. The maximum absolute atomic E-state index is 12.4. The lowest BCUT2D eigenvalue weighted by molar-refractivity contribution is -0.136. The van der Waals surface area contributed by atoms with E-state index in [0.29, 0.717) is 17.3 Å². The third-order valence-electron chi connectivity index (χ3n) is 4.59. The number of anilines is 1. The minimum atomic E-state index is -0.717. The fraction of sp³-hybridized carbons (Fsp3) is 0.130. The molecule has 0 bridgehead atoms. The highest BCUT2D eigenvalue weighted by atomic mass is 35.5. The zero-order chi connectivity index (χ0) is 19.9. The van der Waals surface area contributed by atoms with Crippen molar-refractivity contribution >= 4 is 29.1 Å². The molecule has 0 fully saturated rings. The third kappa shape index (κ3) is 4.78. The second-order valence-electron chi connectivity index (χ2n) is 6.45. The monoisotopic (exact) mass is 392 g/mol. The number of carbonyl (C=O) groups is 2. The van der Waals surface area contributed by atoms with Gasteiger partial charge in [0.05, 0.1) is 0 Å². The molecule has 0 aliphatic rings. The van der Waals surface area contributed by atoms with Crippen molar-refractivity contribution in [2.24, 2.45) is 0 Å². The van der Waals surface area contributed by atoms with E-state index in [0.717, 1.165) is 16.7 Å². The highest BCUT2D eigenvalue weighted by Crippen LogP contribution is 2.24. The first-order valence-electron chi connectivity index (χ1n) is 9.00. The SMILES string of the molecule is Cc1c(Cl)cccc1NC(=O)C(=O)NCC(c1ccccc1)c1ccccc1. The van der Waals surface area contributed by atoms with E-state index in [2.05, 4.69) is 10.6 Å². The molecule has 3 aromatic carbocycles. The third-order valence-corrected chi connectivity index (χ3v) is 5.00. The lowest BCUT2D eigenvalue weighted by Crippen LogP contribution is -2.38. The zero-order valence-electron chi connectivity index (χ0n) is 15.5. The number of nitrogens with one attached hydrogen (secondary N) is 2. The first kappa shape index (κ1) is 19.6. The zero-order valence-corrected chi connectivity index (χ0v) is 16.2. The fourth-order valence-corrected chi connectivity index (χ4v) is 3.17. The Labute approximate surface area is 169 Å². The lowest BCUT2D eigenvalue weighted by atomic mass is 9.91. The number of amides is 2. The smallest absolute Gasteiger partial charge is 0.313 e. The standard InChI is InChI=1S/C23H21ClN2O2/c1-16-20(24)13-8-14-21(16)26-23(28)22(27)25-15-19(17-9-4-2-5-10-17)18-11-6-3-7-12-18/h2-14,19H,15H2,1H3,(H,25,27)(H,26,28). The molecule has 4 nitrogen and oxygen atoms in total. The Morgan fingerprint density at radius 3 is 1.96 bits per heavy atom. The van der Waals surface area contributed by atoms with Crippen LogP contribution in [0.4, 0.5) is 5.69 Å². The van der Waals surface area contributed by atoms with Crippen LogP contribution >= 0.6 is 11.6 Å². The summed E-state index contributed by atoms with van der Waals surface area (Å²) in [5.74, 6) is -1.45. The second-order valence-corrected chi connectivity index (χ2v) is 6.86. The molecule has 0 atom stereocenters. The summed E-state index contributed by atoms with van der Waals surface area (Å²) >= 11 is 6.06. The average molecular weight is 393 g/mol. The van der Waals surface area contributed by atoms with Gasteiger partial charge in [0.25, 0.3) is 0 Å². The van der Waals surface area contributed by atoms with Gasteiger partial charge >= 0.3 is 11.8 Å². The Hall–Kier alpha value is -3.11. The van der Waals surface area contributed by atoms with Gasteiger partial charge in [0.2, 0.25) is 0 Å². The number of rotatable bonds is 5. The van der Waals surface area contributed by atoms with Gasteiger partial charge in [0.15, 0.2) is 0 Å². The van der Waals surface area contributed by atoms with Crippen molar-refractivity contribution in [2.75, 3.05) is 11.9 Å². The first-order chi connectivity index (χ1) is 13.6. The van der Waals surface area contributed by atoms with Crippen molar-refractivity contribution in [3.05, 3.63) is 101 Å². The molecule has 2 amide bonds. The molecule has 0 radical (unpaired) electrons. The maximum Gasteiger partial charge on any atom is 0.313 e. The molecule has 0 heterocycles. The predicted octanol–water partition coefficient (Wildman–Crippen LogP) is 4.54. The van der Waals surface area contributed by atoms with E-state index >= 15 is 0 Å². The van der Waals surface area contributed by atoms with Crippen LogP contribution in [0.25, 0.3) is 0 Å². The van der Waals surface area contributed by atoms with Crippen LogP contribution in [0.5, 0.6) is 0 Å². The number of halogens is 1. The molecule has 0 aliphatic carbocycles. The van der Waals surface area contributed by atoms with Crippen molar-refractivity contribution in [2.45, 2.75) is 12.8 Å². The van der Waals surface area contributed by atoms with E-state index in [1.807, 2.05) is 60.7 Å². The summed E-state index contributed by atoms with van der Waals surface area (Å²) in [6.45, 7) is 2.10. The number of hydrogen-bond acceptors (Lipinski definition) is 2. The van der Waals surface area contributed by atoms with Crippen LogP contribution in [0, 0.1) is 6.92 Å². The van der Waals surface area contributed by atoms with Crippen LogP contribution in [0.2, 0.25) is 5.02 Å². The van der Waals surface area contributed by atoms with Crippen LogP contribution in [0.15, 0.2) is 78.9 Å². The summed E-state index contributed by atoms with van der Waals surface area (Å²) in [6.07, 6.45) is 0. The Morgan fingerprint density at radius 1 is 0.821 bits per heavy atom. The van der Waals surface area contributed by atoms with Crippen LogP contribution in [0.3, 0.4) is 0 Å². The molecular formula is C23H21ClN2O2. The fourth-order valence-electron chi connectivity index (χ4n) is 3.00. The quantitative estimate of drug-likeness (QED) is 0.626. The van der Waals surface area contributed by atoms with Crippen LogP contribution in [0.1, 0.15) is 22.6 Å². The van der Waals surface area contributed by atoms with Gasteiger partial charge < -0.3 is 10.6 Å². The Kier molecular flexibility index (Phi) is 6.45. The van der Waals surface area contributed by atoms with E-state index in [1.54, 1.807) is 25.1 Å². The van der Waals surface area contributed by atoms with Crippen LogP contribution < -0.4 is 10.6 Å². The molecule has 2 N–H and O–H groups in total. The van der Waals surface area contributed by atoms with Crippen LogP contribution in [-0.4, -0.2) is 18.4 Å². The van der Waals surface area contributed by atoms with E-state index in [-0.39, 0.29) is 5.92 Å². The minimum absolute atomic E-state index is 0.0490. The number of benzene rings is 3. The normalized spacial score (nSPS) is 10.5. The Bertz CT molecular complexity index is 919. The topological polar surface area (TPSA) is 58.2 Å². The van der Waals surface area contributed by atoms with E-state index in [9.17, 15) is 9.59 Å². The average Bonchev–Trinajstić information content (AvgIpc) is 2.73. The van der Waals surface area contributed by atoms with E-state index in [1.165, 1.54) is 0 Å². The molecular weight excluding hydrogens is 372 g/mol. The second kappa shape index (κ2) is 9.20. The molecule has 0 unspecified atom stereocenters. The molecule has 0 saturated heterocycles. The van der Waals surface area contributed by atoms with Crippen molar-refractivity contribution in [1.82, 2.24) is 5.32 Å². The van der Waals surface area contributed by atoms with Gasteiger partial charge in [-0.15, -0.1) is 0 Å². The summed E-state index contributed by atoms with van der Waals surface area (Å²) in [7, 11) is 0. The van der Waals surface area contributed by atoms with Gasteiger partial charge in [0, 0.05) is 23.2 Å². The molecule has 0 aromatic heterocycles. The molecule has 142 valence electrons. The molecule has 0 saturated carbocycles. The molecule has 0 aliphatic heterocycles. The Balaban J connectivity index is 1.70. The van der Waals surface area contributed by atoms with Gasteiger partial charge in [-0.2, -0.15) is 0 Å². The lowest BCUT2D eigenvalue weighted by Gasteiger charge is -2.19. The molecule has 5 heteroatoms. The summed E-state index contributed by atoms with van der Waals surface area (Å²) in [4.78, 5) is 24.6. The molecule has 3 rings (SSSR count). The highest BCUT2D eigenvalue weighted by Gasteiger charge is 2.19. The maximum atomic E-state index is 12.4. The van der Waals surface area contributed by atoms with Crippen LogP contribution in [-0.2, 0) is 9.59 Å². The predicted molar refractivity (Wildman–Crippen MR) is 113 cm³/mol. The highest BCUT2D eigenvalue weighted by molar-refractivity contribution is 6.40. The van der Waals surface area contributed by atoms with Crippen molar-refractivity contribution in [1.29, 1.82) is 0 Å². The summed E-state index contributed by atoms with van der Waals surface area (Å²) < 4.78 is 0. The van der Waals surface area contributed by atoms with Gasteiger partial charge in [-0.05, 0) is 35.7 Å². The van der Waals surface area contributed by atoms with Crippen molar-refractivity contribution in [3.8, 4) is 0 Å². The van der Waals surface area contributed by atoms with Gasteiger partial charge in [-0.1, -0.05) is 78.3 Å². The van der Waals surface area contributed by atoms with E-state index < -0.39 is 11.8 Å². The van der Waals surface area contributed by atoms with Gasteiger partial charge in [0.1, 0.15) is 0 Å². The first-order valence-corrected chi connectivity index (χ1v) is 9.38. The molecule has 28 heavy (non-hydrogen) atoms.